The normalized spacial score (nSPS) is 49.7. The van der Waals surface area contributed by atoms with Crippen LogP contribution in [0.2, 0.25) is 0 Å². The van der Waals surface area contributed by atoms with E-state index in [4.69, 9.17) is 23.7 Å². The molecule has 149 valence electrons. The summed E-state index contributed by atoms with van der Waals surface area (Å²) in [6.45, 7) is 3.87. The van der Waals surface area contributed by atoms with Crippen molar-refractivity contribution in [3.05, 3.63) is 17.5 Å². The number of allylic oxidation sites excluding steroid dienone is 1. The van der Waals surface area contributed by atoms with Crippen LogP contribution in [0.15, 0.2) is 11.1 Å². The zero-order valence-electron chi connectivity index (χ0n) is 15.3. The second-order valence-corrected chi connectivity index (χ2v) is 9.43. The minimum absolute atomic E-state index is 0.00946. The van der Waals surface area contributed by atoms with Crippen molar-refractivity contribution in [3.63, 3.8) is 0 Å². The van der Waals surface area contributed by atoms with Crippen molar-refractivity contribution in [2.75, 3.05) is 0 Å². The van der Waals surface area contributed by atoms with E-state index in [1.54, 1.807) is 0 Å². The molecule has 0 amide bonds. The third kappa shape index (κ3) is 3.24. The Morgan fingerprint density at radius 3 is 2.63 bits per heavy atom. The predicted octanol–water partition coefficient (Wildman–Crippen LogP) is 2.82. The monoisotopic (exact) mass is 441 g/mol. The first-order valence-electron chi connectivity index (χ1n) is 9.99. The summed E-state index contributed by atoms with van der Waals surface area (Å²) < 4.78 is 33.0. The Labute approximate surface area is 168 Å². The lowest BCUT2D eigenvalue weighted by Gasteiger charge is -2.47. The van der Waals surface area contributed by atoms with Crippen molar-refractivity contribution in [2.24, 2.45) is 0 Å². The summed E-state index contributed by atoms with van der Waals surface area (Å²) >= 11 is 3.40. The number of halogens is 1. The Kier molecular flexibility index (Phi) is 4.98. The van der Waals surface area contributed by atoms with E-state index in [1.807, 2.05) is 0 Å². The van der Waals surface area contributed by atoms with E-state index in [-0.39, 0.29) is 48.8 Å². The molecule has 0 aromatic rings. The third-order valence-corrected chi connectivity index (χ3v) is 6.81. The molecule has 6 aliphatic heterocycles. The van der Waals surface area contributed by atoms with Crippen LogP contribution < -0.4 is 0 Å². The van der Waals surface area contributed by atoms with E-state index in [1.165, 1.54) is 0 Å². The van der Waals surface area contributed by atoms with E-state index in [0.29, 0.717) is 6.42 Å². The molecule has 6 fully saturated rings. The van der Waals surface area contributed by atoms with Gasteiger partial charge in [0, 0.05) is 19.3 Å². The summed E-state index contributed by atoms with van der Waals surface area (Å²) in [7, 11) is 0. The van der Waals surface area contributed by atoms with Crippen molar-refractivity contribution >= 4 is 22.2 Å². The maximum absolute atomic E-state index is 10.9. The number of hydrogen-bond donors (Lipinski definition) is 0. The van der Waals surface area contributed by atoms with Gasteiger partial charge in [0.05, 0.1) is 18.3 Å². The summed E-state index contributed by atoms with van der Waals surface area (Å²) in [4.78, 5) is 10.9. The number of ether oxygens (including phenoxy) is 5. The van der Waals surface area contributed by atoms with Crippen LogP contribution in [0.25, 0.3) is 0 Å². The largest absolute Gasteiger partial charge is 0.369 e. The Balaban J connectivity index is 1.34. The molecule has 9 atom stereocenters. The molecule has 0 aromatic heterocycles. The van der Waals surface area contributed by atoms with Crippen molar-refractivity contribution in [1.82, 2.24) is 0 Å². The van der Waals surface area contributed by atoms with Gasteiger partial charge >= 0.3 is 0 Å². The second-order valence-electron chi connectivity index (χ2n) is 8.31. The van der Waals surface area contributed by atoms with Crippen LogP contribution in [0.5, 0.6) is 0 Å². The molecule has 6 nitrogen and oxygen atoms in total. The number of carbonyl (C=O) groups excluding carboxylic acids is 1. The summed E-state index contributed by atoms with van der Waals surface area (Å²) in [5.74, 6) is -0.632. The first kappa shape index (κ1) is 18.7. The smallest absolute Gasteiger partial charge is 0.172 e. The number of unbranched alkanes of at least 4 members (excludes halogenated alkanes) is 1. The Bertz CT molecular complexity index is 613. The number of aldehydes is 1. The van der Waals surface area contributed by atoms with Gasteiger partial charge in [0.25, 0.3) is 0 Å². The van der Waals surface area contributed by atoms with Crippen molar-refractivity contribution in [1.29, 1.82) is 0 Å². The van der Waals surface area contributed by atoms with E-state index >= 15 is 0 Å². The molecule has 0 saturated carbocycles. The molecule has 6 bridgehead atoms. The molecule has 6 saturated heterocycles. The third-order valence-electron chi connectivity index (χ3n) is 6.48. The van der Waals surface area contributed by atoms with Crippen LogP contribution in [-0.4, -0.2) is 60.9 Å². The molecule has 1 radical (unpaired) electrons. The van der Waals surface area contributed by atoms with Gasteiger partial charge in [-0.3, -0.25) is 0 Å². The van der Waals surface area contributed by atoms with Gasteiger partial charge in [-0.05, 0) is 36.6 Å². The molecule has 7 heteroatoms. The highest BCUT2D eigenvalue weighted by molar-refractivity contribution is 9.11. The van der Waals surface area contributed by atoms with Gasteiger partial charge in [0.1, 0.15) is 36.8 Å². The molecule has 9 unspecified atom stereocenters. The fourth-order valence-corrected chi connectivity index (χ4v) is 5.57. The summed E-state index contributed by atoms with van der Waals surface area (Å²) in [6, 6.07) is 0. The maximum Gasteiger partial charge on any atom is 0.172 e. The first-order valence-corrected chi connectivity index (χ1v) is 10.8. The van der Waals surface area contributed by atoms with E-state index in [9.17, 15) is 4.79 Å². The molecular weight excluding hydrogens is 416 g/mol. The number of rotatable bonds is 7. The zero-order valence-corrected chi connectivity index (χ0v) is 16.8. The zero-order chi connectivity index (χ0) is 18.6. The Hall–Kier alpha value is -0.310. The van der Waals surface area contributed by atoms with E-state index < -0.39 is 5.79 Å². The lowest BCUT2D eigenvalue weighted by atomic mass is 9.87. The molecule has 6 rings (SSSR count). The van der Waals surface area contributed by atoms with Gasteiger partial charge in [-0.2, -0.15) is 0 Å². The van der Waals surface area contributed by atoms with Gasteiger partial charge in [-0.25, -0.2) is 0 Å². The van der Waals surface area contributed by atoms with Crippen LogP contribution in [0.3, 0.4) is 0 Å². The van der Waals surface area contributed by atoms with Gasteiger partial charge in [-0.15, -0.1) is 0 Å². The minimum Gasteiger partial charge on any atom is -0.369 e. The van der Waals surface area contributed by atoms with E-state index in [0.717, 1.165) is 49.3 Å². The molecular formula is C20H26BrO6. The van der Waals surface area contributed by atoms with Crippen LogP contribution in [0.4, 0.5) is 0 Å². The Morgan fingerprint density at radius 2 is 1.81 bits per heavy atom. The summed E-state index contributed by atoms with van der Waals surface area (Å²) in [5.41, 5.74) is 0. The van der Waals surface area contributed by atoms with Crippen LogP contribution >= 0.6 is 15.9 Å². The summed E-state index contributed by atoms with van der Waals surface area (Å²) in [5, 5.41) is 0. The average Bonchev–Trinajstić information content (AvgIpc) is 3.04. The second kappa shape index (κ2) is 7.18. The lowest BCUT2D eigenvalue weighted by molar-refractivity contribution is -0.291. The molecule has 27 heavy (non-hydrogen) atoms. The van der Waals surface area contributed by atoms with Crippen LogP contribution in [0.1, 0.15) is 44.9 Å². The van der Waals surface area contributed by atoms with Gasteiger partial charge in [0.2, 0.25) is 0 Å². The highest BCUT2D eigenvalue weighted by atomic mass is 79.9. The number of fused-ring (bicyclic) bond motifs is 1. The average molecular weight is 442 g/mol. The fourth-order valence-electron chi connectivity index (χ4n) is 5.34. The van der Waals surface area contributed by atoms with Gasteiger partial charge in [-0.1, -0.05) is 22.5 Å². The Morgan fingerprint density at radius 1 is 1.04 bits per heavy atom. The molecule has 6 aliphatic rings. The quantitative estimate of drug-likeness (QED) is 0.447. The first-order chi connectivity index (χ1) is 13.1. The number of hydrogen-bond acceptors (Lipinski definition) is 6. The van der Waals surface area contributed by atoms with Gasteiger partial charge < -0.3 is 28.5 Å². The molecule has 0 aliphatic carbocycles. The molecule has 6 heterocycles. The van der Waals surface area contributed by atoms with Crippen molar-refractivity contribution in [2.45, 2.75) is 99.6 Å². The molecule has 0 aromatic carbocycles. The fraction of sp³-hybridized carbons (Fsp3) is 0.800. The highest BCUT2D eigenvalue weighted by Gasteiger charge is 2.68. The number of carbonyl (C=O) groups is 1. The highest BCUT2D eigenvalue weighted by Crippen LogP contribution is 2.53. The maximum atomic E-state index is 10.9. The predicted molar refractivity (Wildman–Crippen MR) is 99.2 cm³/mol. The lowest BCUT2D eigenvalue weighted by Crippen LogP contribution is -2.61. The molecule has 0 spiro atoms. The van der Waals surface area contributed by atoms with Crippen molar-refractivity contribution < 1.29 is 28.5 Å². The topological polar surface area (TPSA) is 63.2 Å². The van der Waals surface area contributed by atoms with E-state index in [2.05, 4.69) is 28.9 Å². The van der Waals surface area contributed by atoms with Gasteiger partial charge in [0.15, 0.2) is 5.79 Å². The summed E-state index contributed by atoms with van der Waals surface area (Å²) in [6.07, 6.45) is 7.80. The molecule has 0 N–H and O–H groups in total. The van der Waals surface area contributed by atoms with Crippen molar-refractivity contribution in [3.8, 4) is 0 Å². The van der Waals surface area contributed by atoms with Crippen LogP contribution in [0, 0.1) is 6.42 Å². The SMILES string of the molecule is C=C(Br)C[CH]CCC12CC3OC4C(OC5CCC(CC=O)OC5C4O1)C3O2. The standard InChI is InChI=1S/C20H26BrO6/c1-11(21)4-2-3-8-20-10-14-16(26-20)17-18(25-14)19(27-20)15-13(24-17)6-5-12(23-15)7-9-22/h2,9,12-19H,1,3-8,10H2. The minimum atomic E-state index is -0.632. The van der Waals surface area contributed by atoms with Crippen LogP contribution in [-0.2, 0) is 28.5 Å².